The molecule has 0 fully saturated rings. The van der Waals surface area contributed by atoms with Crippen molar-refractivity contribution >= 4 is 5.91 Å². The van der Waals surface area contributed by atoms with Gasteiger partial charge in [0.1, 0.15) is 5.82 Å². The molecular weight excluding hydrogens is 237 g/mol. The molecule has 96 valence electrons. The number of hydrogen-bond donors (Lipinski definition) is 2. The van der Waals surface area contributed by atoms with Crippen molar-refractivity contribution in [2.24, 2.45) is 0 Å². The van der Waals surface area contributed by atoms with Crippen LogP contribution in [0.3, 0.4) is 0 Å². The highest BCUT2D eigenvalue weighted by Crippen LogP contribution is 2.21. The summed E-state index contributed by atoms with van der Waals surface area (Å²) < 4.78 is 35.6. The van der Waals surface area contributed by atoms with Crippen molar-refractivity contribution in [2.75, 3.05) is 0 Å². The fraction of sp³-hybridized carbons (Fsp3) is 0.667. The molecule has 0 radical (unpaired) electrons. The van der Waals surface area contributed by atoms with Crippen molar-refractivity contribution in [3.05, 3.63) is 11.6 Å². The van der Waals surface area contributed by atoms with Crippen LogP contribution in [-0.2, 0) is 4.79 Å². The molecule has 1 aromatic heterocycles. The third-order valence-corrected chi connectivity index (χ3v) is 2.01. The molecule has 5 nitrogen and oxygen atoms in total. The quantitative estimate of drug-likeness (QED) is 0.853. The summed E-state index contributed by atoms with van der Waals surface area (Å²) in [6.45, 7) is 3.29. The molecule has 1 aromatic rings. The van der Waals surface area contributed by atoms with Gasteiger partial charge in [-0.25, -0.2) is 4.98 Å². The summed E-state index contributed by atoms with van der Waals surface area (Å²) in [5.74, 6) is 0.261. The number of rotatable bonds is 4. The lowest BCUT2D eigenvalue weighted by Crippen LogP contribution is -2.28. The van der Waals surface area contributed by atoms with Gasteiger partial charge in [-0.3, -0.25) is 9.89 Å². The summed E-state index contributed by atoms with van der Waals surface area (Å²) in [5.41, 5.74) is 0. The van der Waals surface area contributed by atoms with E-state index in [2.05, 4.69) is 20.5 Å². The normalized spacial score (nSPS) is 13.5. The van der Waals surface area contributed by atoms with Gasteiger partial charge in [-0.15, -0.1) is 0 Å². The van der Waals surface area contributed by atoms with Gasteiger partial charge in [0.05, 0.1) is 12.5 Å². The Bertz CT molecular complexity index is 388. The van der Waals surface area contributed by atoms with Crippen molar-refractivity contribution < 1.29 is 18.0 Å². The molecule has 2 N–H and O–H groups in total. The Labute approximate surface area is 95.8 Å². The Morgan fingerprint density at radius 3 is 2.65 bits per heavy atom. The topological polar surface area (TPSA) is 70.7 Å². The number of aromatic amines is 1. The Morgan fingerprint density at radius 2 is 2.18 bits per heavy atom. The van der Waals surface area contributed by atoms with Crippen molar-refractivity contribution in [3.8, 4) is 0 Å². The molecule has 17 heavy (non-hydrogen) atoms. The van der Waals surface area contributed by atoms with Gasteiger partial charge < -0.3 is 5.32 Å². The zero-order chi connectivity index (χ0) is 13.1. The van der Waals surface area contributed by atoms with Gasteiger partial charge in [0.25, 0.3) is 0 Å². The van der Waals surface area contributed by atoms with E-state index in [9.17, 15) is 18.0 Å². The third kappa shape index (κ3) is 4.83. The van der Waals surface area contributed by atoms with Gasteiger partial charge in [-0.2, -0.15) is 18.3 Å². The van der Waals surface area contributed by atoms with E-state index in [4.69, 9.17) is 0 Å². The maximum atomic E-state index is 11.9. The predicted molar refractivity (Wildman–Crippen MR) is 53.0 cm³/mol. The van der Waals surface area contributed by atoms with Gasteiger partial charge in [-0.05, 0) is 13.8 Å². The highest BCUT2D eigenvalue weighted by molar-refractivity contribution is 5.76. The van der Waals surface area contributed by atoms with Gasteiger partial charge in [-0.1, -0.05) is 0 Å². The van der Waals surface area contributed by atoms with E-state index in [1.54, 1.807) is 13.8 Å². The standard InChI is InChI=1S/C9H13F3N4O/c1-5(8-14-6(2)15-16-8)13-7(17)3-4-9(10,11)12/h5H,3-4H2,1-2H3,(H,13,17)(H,14,15,16)/t5-/m1/s1. The lowest BCUT2D eigenvalue weighted by atomic mass is 10.2. The van der Waals surface area contributed by atoms with Crippen LogP contribution >= 0.6 is 0 Å². The van der Waals surface area contributed by atoms with Gasteiger partial charge in [0, 0.05) is 6.42 Å². The summed E-state index contributed by atoms with van der Waals surface area (Å²) >= 11 is 0. The average molecular weight is 250 g/mol. The summed E-state index contributed by atoms with van der Waals surface area (Å²) in [6, 6.07) is -0.513. The number of carbonyl (C=O) groups is 1. The van der Waals surface area contributed by atoms with Crippen LogP contribution in [0.1, 0.15) is 37.5 Å². The van der Waals surface area contributed by atoms with Crippen LogP contribution in [-0.4, -0.2) is 27.3 Å². The van der Waals surface area contributed by atoms with Crippen LogP contribution < -0.4 is 5.32 Å². The second-order valence-corrected chi connectivity index (χ2v) is 3.68. The smallest absolute Gasteiger partial charge is 0.346 e. The summed E-state index contributed by atoms with van der Waals surface area (Å²) in [5, 5.41) is 8.79. The number of aryl methyl sites for hydroxylation is 1. The van der Waals surface area contributed by atoms with Crippen molar-refractivity contribution in [1.29, 1.82) is 0 Å². The van der Waals surface area contributed by atoms with Gasteiger partial charge in [0.15, 0.2) is 5.82 Å². The van der Waals surface area contributed by atoms with Crippen molar-refractivity contribution in [1.82, 2.24) is 20.5 Å². The Balaban J connectivity index is 2.41. The molecule has 0 aromatic carbocycles. The SMILES string of the molecule is Cc1nc([C@@H](C)NC(=O)CCC(F)(F)F)n[nH]1. The zero-order valence-electron chi connectivity index (χ0n) is 9.43. The molecule has 0 unspecified atom stereocenters. The second kappa shape index (κ2) is 5.15. The minimum absolute atomic E-state index is 0.350. The number of halogens is 3. The number of hydrogen-bond acceptors (Lipinski definition) is 3. The highest BCUT2D eigenvalue weighted by atomic mass is 19.4. The molecule has 0 spiro atoms. The molecule has 0 aliphatic heterocycles. The molecular formula is C9H13F3N4O. The minimum Gasteiger partial charge on any atom is -0.346 e. The third-order valence-electron chi connectivity index (χ3n) is 2.01. The van der Waals surface area contributed by atoms with E-state index in [1.807, 2.05) is 0 Å². The predicted octanol–water partition coefficient (Wildman–Crippen LogP) is 1.63. The molecule has 0 saturated heterocycles. The molecule has 0 aliphatic rings. The number of aromatic nitrogens is 3. The fourth-order valence-electron chi connectivity index (χ4n) is 1.19. The number of carbonyl (C=O) groups excluding carboxylic acids is 1. The van der Waals surface area contributed by atoms with E-state index >= 15 is 0 Å². The molecule has 1 amide bonds. The van der Waals surface area contributed by atoms with Crippen LogP contribution in [0.25, 0.3) is 0 Å². The molecule has 0 aliphatic carbocycles. The first kappa shape index (κ1) is 13.5. The molecule has 1 heterocycles. The highest BCUT2D eigenvalue weighted by Gasteiger charge is 2.28. The minimum atomic E-state index is -4.32. The second-order valence-electron chi connectivity index (χ2n) is 3.68. The zero-order valence-corrected chi connectivity index (χ0v) is 9.43. The van der Waals surface area contributed by atoms with E-state index in [1.165, 1.54) is 0 Å². The Kier molecular flexibility index (Phi) is 4.08. The number of alkyl halides is 3. The van der Waals surface area contributed by atoms with E-state index in [0.29, 0.717) is 11.6 Å². The monoisotopic (exact) mass is 250 g/mol. The van der Waals surface area contributed by atoms with Gasteiger partial charge in [0.2, 0.25) is 5.91 Å². The Morgan fingerprint density at radius 1 is 1.53 bits per heavy atom. The van der Waals surface area contributed by atoms with Crippen LogP contribution in [0, 0.1) is 6.92 Å². The van der Waals surface area contributed by atoms with Crippen molar-refractivity contribution in [3.63, 3.8) is 0 Å². The molecule has 0 saturated carbocycles. The van der Waals surface area contributed by atoms with E-state index in [0.717, 1.165) is 0 Å². The number of amides is 1. The first-order valence-corrected chi connectivity index (χ1v) is 5.03. The van der Waals surface area contributed by atoms with Crippen LogP contribution in [0.2, 0.25) is 0 Å². The molecule has 8 heteroatoms. The van der Waals surface area contributed by atoms with E-state index < -0.39 is 31.0 Å². The molecule has 1 atom stereocenters. The largest absolute Gasteiger partial charge is 0.389 e. The fourth-order valence-corrected chi connectivity index (χ4v) is 1.19. The van der Waals surface area contributed by atoms with Crippen molar-refractivity contribution in [2.45, 2.75) is 38.9 Å². The molecule has 0 bridgehead atoms. The number of nitrogens with zero attached hydrogens (tertiary/aromatic N) is 2. The van der Waals surface area contributed by atoms with Crippen LogP contribution in [0.15, 0.2) is 0 Å². The number of nitrogens with one attached hydrogen (secondary N) is 2. The Hall–Kier alpha value is -1.60. The first-order valence-electron chi connectivity index (χ1n) is 5.03. The van der Waals surface area contributed by atoms with E-state index in [-0.39, 0.29) is 0 Å². The summed E-state index contributed by atoms with van der Waals surface area (Å²) in [7, 11) is 0. The van der Waals surface area contributed by atoms with Crippen LogP contribution in [0.5, 0.6) is 0 Å². The maximum Gasteiger partial charge on any atom is 0.389 e. The number of H-pyrrole nitrogens is 1. The summed E-state index contributed by atoms with van der Waals surface area (Å²) in [6.07, 6.45) is -6.03. The lowest BCUT2D eigenvalue weighted by molar-refractivity contribution is -0.144. The molecule has 1 rings (SSSR count). The average Bonchev–Trinajstić information content (AvgIpc) is 2.61. The van der Waals surface area contributed by atoms with Crippen LogP contribution in [0.4, 0.5) is 13.2 Å². The maximum absolute atomic E-state index is 11.9. The lowest BCUT2D eigenvalue weighted by Gasteiger charge is -2.11. The van der Waals surface area contributed by atoms with Gasteiger partial charge >= 0.3 is 6.18 Å². The summed E-state index contributed by atoms with van der Waals surface area (Å²) in [4.78, 5) is 15.2. The first-order chi connectivity index (χ1) is 7.78.